The first kappa shape index (κ1) is 12.3. The van der Waals surface area contributed by atoms with Crippen molar-refractivity contribution in [2.45, 2.75) is 45.2 Å². The highest BCUT2D eigenvalue weighted by Crippen LogP contribution is 2.35. The van der Waals surface area contributed by atoms with Gasteiger partial charge in [0.2, 0.25) is 0 Å². The third-order valence-electron chi connectivity index (χ3n) is 2.80. The van der Waals surface area contributed by atoms with Crippen LogP contribution in [0.15, 0.2) is 23.8 Å². The Morgan fingerprint density at radius 3 is 2.94 bits per heavy atom. The lowest BCUT2D eigenvalue weighted by Crippen LogP contribution is -2.26. The molecule has 2 atom stereocenters. The third-order valence-corrected chi connectivity index (χ3v) is 2.80. The van der Waals surface area contributed by atoms with Crippen LogP contribution in [0.4, 0.5) is 0 Å². The van der Waals surface area contributed by atoms with Gasteiger partial charge in [-0.25, -0.2) is 0 Å². The number of allylic oxidation sites excluding steroid dienone is 2. The maximum absolute atomic E-state index is 10.7. The molecule has 1 saturated heterocycles. The van der Waals surface area contributed by atoms with E-state index in [1.54, 1.807) is 0 Å². The molecule has 0 radical (unpaired) electrons. The molecule has 1 aliphatic heterocycles. The average Bonchev–Trinajstić information content (AvgIpc) is 2.52. The first-order valence-corrected chi connectivity index (χ1v) is 5.84. The standard InChI is InChI=1S/C13H18O4/c1-9(14)15-8-7-10-5-4-6-11-12(10)17-13(2,3)16-11/h4-6,11-12H,7-8H2,1-3H3/t11-,12+/m0/s1. The summed E-state index contributed by atoms with van der Waals surface area (Å²) in [4.78, 5) is 10.7. The van der Waals surface area contributed by atoms with Crippen molar-refractivity contribution < 1.29 is 19.0 Å². The van der Waals surface area contributed by atoms with Crippen molar-refractivity contribution in [2.24, 2.45) is 0 Å². The second-order valence-corrected chi connectivity index (χ2v) is 4.74. The van der Waals surface area contributed by atoms with Gasteiger partial charge in [-0.15, -0.1) is 0 Å². The van der Waals surface area contributed by atoms with Crippen molar-refractivity contribution in [1.29, 1.82) is 0 Å². The monoisotopic (exact) mass is 238 g/mol. The second kappa shape index (κ2) is 4.63. The summed E-state index contributed by atoms with van der Waals surface area (Å²) in [5.41, 5.74) is 1.12. The van der Waals surface area contributed by atoms with Gasteiger partial charge in [-0.2, -0.15) is 0 Å². The number of esters is 1. The van der Waals surface area contributed by atoms with Gasteiger partial charge in [0, 0.05) is 13.3 Å². The van der Waals surface area contributed by atoms with Gasteiger partial charge in [-0.05, 0) is 19.4 Å². The summed E-state index contributed by atoms with van der Waals surface area (Å²) in [6, 6.07) is 0. The number of rotatable bonds is 3. The molecule has 4 nitrogen and oxygen atoms in total. The van der Waals surface area contributed by atoms with E-state index in [4.69, 9.17) is 14.2 Å². The van der Waals surface area contributed by atoms with Gasteiger partial charge in [-0.3, -0.25) is 4.79 Å². The van der Waals surface area contributed by atoms with Gasteiger partial charge in [0.1, 0.15) is 12.2 Å². The van der Waals surface area contributed by atoms with Crippen LogP contribution < -0.4 is 0 Å². The summed E-state index contributed by atoms with van der Waals surface area (Å²) < 4.78 is 16.5. The van der Waals surface area contributed by atoms with Gasteiger partial charge < -0.3 is 14.2 Å². The van der Waals surface area contributed by atoms with E-state index in [1.165, 1.54) is 6.92 Å². The van der Waals surface area contributed by atoms with E-state index in [0.29, 0.717) is 13.0 Å². The van der Waals surface area contributed by atoms with Crippen LogP contribution in [0.3, 0.4) is 0 Å². The topological polar surface area (TPSA) is 44.8 Å². The van der Waals surface area contributed by atoms with E-state index in [-0.39, 0.29) is 18.2 Å². The zero-order valence-electron chi connectivity index (χ0n) is 10.4. The maximum atomic E-state index is 10.7. The van der Waals surface area contributed by atoms with E-state index in [9.17, 15) is 4.79 Å². The molecular formula is C13H18O4. The number of carbonyl (C=O) groups excluding carboxylic acids is 1. The van der Waals surface area contributed by atoms with Crippen molar-refractivity contribution >= 4 is 5.97 Å². The van der Waals surface area contributed by atoms with Crippen molar-refractivity contribution in [3.05, 3.63) is 23.8 Å². The molecule has 0 bridgehead atoms. The Balaban J connectivity index is 1.96. The Morgan fingerprint density at radius 1 is 1.47 bits per heavy atom. The molecule has 2 aliphatic rings. The fraction of sp³-hybridized carbons (Fsp3) is 0.615. The minimum atomic E-state index is -0.551. The van der Waals surface area contributed by atoms with Crippen molar-refractivity contribution in [1.82, 2.24) is 0 Å². The highest BCUT2D eigenvalue weighted by Gasteiger charge is 2.42. The predicted molar refractivity (Wildman–Crippen MR) is 62.3 cm³/mol. The minimum Gasteiger partial charge on any atom is -0.466 e. The molecule has 0 unspecified atom stereocenters. The second-order valence-electron chi connectivity index (χ2n) is 4.74. The molecular weight excluding hydrogens is 220 g/mol. The van der Waals surface area contributed by atoms with Crippen LogP contribution >= 0.6 is 0 Å². The average molecular weight is 238 g/mol. The highest BCUT2D eigenvalue weighted by molar-refractivity contribution is 5.65. The molecule has 1 heterocycles. The molecule has 0 saturated carbocycles. The number of ether oxygens (including phenoxy) is 3. The van der Waals surface area contributed by atoms with E-state index >= 15 is 0 Å². The predicted octanol–water partition coefficient (Wildman–Crippen LogP) is 1.96. The Kier molecular flexibility index (Phi) is 3.35. The normalized spacial score (nSPS) is 29.7. The van der Waals surface area contributed by atoms with Gasteiger partial charge >= 0.3 is 5.97 Å². The molecule has 94 valence electrons. The smallest absolute Gasteiger partial charge is 0.302 e. The molecule has 0 spiro atoms. The Bertz CT molecular complexity index is 368. The third kappa shape index (κ3) is 2.96. The highest BCUT2D eigenvalue weighted by atomic mass is 16.7. The van der Waals surface area contributed by atoms with Crippen LogP contribution in [0.1, 0.15) is 27.2 Å². The van der Waals surface area contributed by atoms with Crippen LogP contribution in [0.2, 0.25) is 0 Å². The van der Waals surface area contributed by atoms with E-state index in [0.717, 1.165) is 5.57 Å². The molecule has 1 aliphatic carbocycles. The molecule has 0 N–H and O–H groups in total. The fourth-order valence-corrected chi connectivity index (χ4v) is 2.14. The lowest BCUT2D eigenvalue weighted by molar-refractivity contribution is -0.142. The first-order valence-electron chi connectivity index (χ1n) is 5.84. The molecule has 0 aromatic carbocycles. The van der Waals surface area contributed by atoms with Crippen LogP contribution in [0.5, 0.6) is 0 Å². The zero-order valence-corrected chi connectivity index (χ0v) is 10.4. The largest absolute Gasteiger partial charge is 0.466 e. The summed E-state index contributed by atoms with van der Waals surface area (Å²) in [5.74, 6) is -0.803. The number of hydrogen-bond donors (Lipinski definition) is 0. The van der Waals surface area contributed by atoms with E-state index in [2.05, 4.69) is 0 Å². The Morgan fingerprint density at radius 2 is 2.24 bits per heavy atom. The summed E-state index contributed by atoms with van der Waals surface area (Å²) in [7, 11) is 0. The van der Waals surface area contributed by atoms with Gasteiger partial charge in [0.15, 0.2) is 5.79 Å². The summed E-state index contributed by atoms with van der Waals surface area (Å²) >= 11 is 0. The molecule has 0 aromatic heterocycles. The van der Waals surface area contributed by atoms with Crippen LogP contribution in [-0.4, -0.2) is 30.6 Å². The van der Waals surface area contributed by atoms with E-state index < -0.39 is 5.79 Å². The lowest BCUT2D eigenvalue weighted by atomic mass is 9.97. The fourth-order valence-electron chi connectivity index (χ4n) is 2.14. The van der Waals surface area contributed by atoms with Gasteiger partial charge in [0.05, 0.1) is 6.61 Å². The first-order chi connectivity index (χ1) is 7.98. The number of carbonyl (C=O) groups is 1. The van der Waals surface area contributed by atoms with Gasteiger partial charge in [-0.1, -0.05) is 18.2 Å². The lowest BCUT2D eigenvalue weighted by Gasteiger charge is -2.20. The molecule has 0 aromatic rings. The maximum Gasteiger partial charge on any atom is 0.302 e. The molecule has 2 rings (SSSR count). The van der Waals surface area contributed by atoms with Gasteiger partial charge in [0.25, 0.3) is 0 Å². The SMILES string of the molecule is CC(=O)OCCC1=CC=C[C@@H]2OC(C)(C)O[C@H]12. The van der Waals surface area contributed by atoms with Crippen LogP contribution in [0.25, 0.3) is 0 Å². The summed E-state index contributed by atoms with van der Waals surface area (Å²) in [6.45, 7) is 5.62. The van der Waals surface area contributed by atoms with Crippen molar-refractivity contribution in [3.63, 3.8) is 0 Å². The van der Waals surface area contributed by atoms with Crippen LogP contribution in [0, 0.1) is 0 Å². The summed E-state index contributed by atoms with van der Waals surface area (Å²) in [6.07, 6.45) is 6.58. The van der Waals surface area contributed by atoms with Crippen molar-refractivity contribution in [3.8, 4) is 0 Å². The Labute approximate surface area is 101 Å². The number of hydrogen-bond acceptors (Lipinski definition) is 4. The molecule has 0 amide bonds. The number of fused-ring (bicyclic) bond motifs is 1. The zero-order chi connectivity index (χ0) is 12.5. The van der Waals surface area contributed by atoms with E-state index in [1.807, 2.05) is 32.1 Å². The van der Waals surface area contributed by atoms with Crippen molar-refractivity contribution in [2.75, 3.05) is 6.61 Å². The molecule has 4 heteroatoms. The quantitative estimate of drug-likeness (QED) is 0.705. The van der Waals surface area contributed by atoms with Crippen LogP contribution in [-0.2, 0) is 19.0 Å². The minimum absolute atomic E-state index is 0.0256. The summed E-state index contributed by atoms with van der Waals surface area (Å²) in [5, 5.41) is 0. The molecule has 1 fully saturated rings. The Hall–Kier alpha value is -1.13. The molecule has 17 heavy (non-hydrogen) atoms.